The Morgan fingerprint density at radius 2 is 1.61 bits per heavy atom. The lowest BCUT2D eigenvalue weighted by Gasteiger charge is -2.14. The average molecular weight is 477 g/mol. The number of aromatic nitrogens is 1. The van der Waals surface area contributed by atoms with Crippen LogP contribution in [-0.4, -0.2) is 17.5 Å². The van der Waals surface area contributed by atoms with Gasteiger partial charge in [0.1, 0.15) is 11.3 Å². The van der Waals surface area contributed by atoms with Crippen molar-refractivity contribution in [2.24, 2.45) is 0 Å². The van der Waals surface area contributed by atoms with Gasteiger partial charge in [-0.15, -0.1) is 0 Å². The summed E-state index contributed by atoms with van der Waals surface area (Å²) in [5.74, 6) is 1.36. The molecule has 0 bridgehead atoms. The average Bonchev–Trinajstić information content (AvgIpc) is 3.31. The molecule has 5 nitrogen and oxygen atoms in total. The SMILES string of the molecule is Cc1ccc(C(C)C)c(OCC(=O)Nc2ccc3oc(-c4ccc(-c5ccccc5)cc4)nc3c2)c1. The summed E-state index contributed by atoms with van der Waals surface area (Å²) >= 11 is 0. The largest absolute Gasteiger partial charge is 0.483 e. The summed E-state index contributed by atoms with van der Waals surface area (Å²) in [6.07, 6.45) is 0. The van der Waals surface area contributed by atoms with Crippen LogP contribution in [0.1, 0.15) is 30.9 Å². The number of carbonyl (C=O) groups excluding carboxylic acids is 1. The molecule has 180 valence electrons. The van der Waals surface area contributed by atoms with Crippen LogP contribution in [0.15, 0.2) is 95.4 Å². The van der Waals surface area contributed by atoms with Crippen molar-refractivity contribution in [2.45, 2.75) is 26.7 Å². The molecule has 1 heterocycles. The van der Waals surface area contributed by atoms with Gasteiger partial charge in [0.05, 0.1) is 0 Å². The third-order valence-corrected chi connectivity index (χ3v) is 6.06. The second-order valence-corrected chi connectivity index (χ2v) is 9.18. The molecule has 1 aromatic heterocycles. The predicted octanol–water partition coefficient (Wildman–Crippen LogP) is 7.61. The standard InChI is InChI=1S/C31H28N2O3/c1-20(2)26-15-9-21(3)17-29(26)35-19-30(34)32-25-14-16-28-27(18-25)33-31(36-28)24-12-10-23(11-13-24)22-7-5-4-6-8-22/h4-18,20H,19H2,1-3H3,(H,32,34). The number of amides is 1. The minimum atomic E-state index is -0.231. The van der Waals surface area contributed by atoms with Gasteiger partial charge in [-0.3, -0.25) is 4.79 Å². The smallest absolute Gasteiger partial charge is 0.262 e. The van der Waals surface area contributed by atoms with E-state index in [1.165, 1.54) is 0 Å². The number of hydrogen-bond acceptors (Lipinski definition) is 4. The van der Waals surface area contributed by atoms with Crippen molar-refractivity contribution in [2.75, 3.05) is 11.9 Å². The summed E-state index contributed by atoms with van der Waals surface area (Å²) in [5, 5.41) is 2.90. The second-order valence-electron chi connectivity index (χ2n) is 9.18. The van der Waals surface area contributed by atoms with Gasteiger partial charge in [-0.05, 0) is 71.5 Å². The van der Waals surface area contributed by atoms with Crippen LogP contribution >= 0.6 is 0 Å². The van der Waals surface area contributed by atoms with Gasteiger partial charge in [0.25, 0.3) is 5.91 Å². The highest BCUT2D eigenvalue weighted by atomic mass is 16.5. The Bertz CT molecular complexity index is 1500. The number of rotatable bonds is 7. The maximum absolute atomic E-state index is 12.6. The van der Waals surface area contributed by atoms with Crippen LogP contribution in [0.25, 0.3) is 33.7 Å². The Hall–Kier alpha value is -4.38. The Morgan fingerprint density at radius 3 is 2.36 bits per heavy atom. The molecule has 0 radical (unpaired) electrons. The van der Waals surface area contributed by atoms with Crippen molar-refractivity contribution in [3.63, 3.8) is 0 Å². The number of oxazole rings is 1. The Kier molecular flexibility index (Phi) is 6.54. The van der Waals surface area contributed by atoms with E-state index in [0.717, 1.165) is 33.6 Å². The second kappa shape index (κ2) is 10.1. The molecule has 0 aliphatic rings. The van der Waals surface area contributed by atoms with E-state index in [1.807, 2.05) is 55.5 Å². The lowest BCUT2D eigenvalue weighted by molar-refractivity contribution is -0.118. The lowest BCUT2D eigenvalue weighted by atomic mass is 10.0. The van der Waals surface area contributed by atoms with Gasteiger partial charge in [0.15, 0.2) is 12.2 Å². The molecule has 0 aliphatic carbocycles. The molecule has 5 heteroatoms. The Balaban J connectivity index is 1.27. The van der Waals surface area contributed by atoms with E-state index in [9.17, 15) is 4.79 Å². The van der Waals surface area contributed by atoms with Gasteiger partial charge in [0.2, 0.25) is 5.89 Å². The number of anilines is 1. The van der Waals surface area contributed by atoms with Crippen molar-refractivity contribution < 1.29 is 13.9 Å². The van der Waals surface area contributed by atoms with Crippen molar-refractivity contribution in [1.82, 2.24) is 4.98 Å². The van der Waals surface area contributed by atoms with E-state index in [-0.39, 0.29) is 12.5 Å². The summed E-state index contributed by atoms with van der Waals surface area (Å²) < 4.78 is 11.8. The highest BCUT2D eigenvalue weighted by molar-refractivity contribution is 5.94. The molecular formula is C31H28N2O3. The summed E-state index contributed by atoms with van der Waals surface area (Å²) in [7, 11) is 0. The topological polar surface area (TPSA) is 64.4 Å². The number of hydrogen-bond donors (Lipinski definition) is 1. The van der Waals surface area contributed by atoms with Crippen LogP contribution in [0.5, 0.6) is 5.75 Å². The molecule has 1 N–H and O–H groups in total. The predicted molar refractivity (Wildman–Crippen MR) is 144 cm³/mol. The maximum Gasteiger partial charge on any atom is 0.262 e. The quantitative estimate of drug-likeness (QED) is 0.262. The fourth-order valence-corrected chi connectivity index (χ4v) is 4.15. The van der Waals surface area contributed by atoms with Crippen LogP contribution < -0.4 is 10.1 Å². The number of ether oxygens (including phenoxy) is 1. The van der Waals surface area contributed by atoms with Crippen LogP contribution in [0.3, 0.4) is 0 Å². The molecule has 1 amide bonds. The minimum absolute atomic E-state index is 0.0704. The van der Waals surface area contributed by atoms with Gasteiger partial charge >= 0.3 is 0 Å². The third-order valence-electron chi connectivity index (χ3n) is 6.06. The summed E-state index contributed by atoms with van der Waals surface area (Å²) in [4.78, 5) is 17.2. The van der Waals surface area contributed by atoms with E-state index < -0.39 is 0 Å². The molecule has 0 saturated carbocycles. The van der Waals surface area contributed by atoms with Crippen LogP contribution in [0.2, 0.25) is 0 Å². The zero-order valence-electron chi connectivity index (χ0n) is 20.6. The normalized spacial score (nSPS) is 11.1. The van der Waals surface area contributed by atoms with Crippen LogP contribution in [-0.2, 0) is 4.79 Å². The molecule has 5 aromatic rings. The number of nitrogens with zero attached hydrogens (tertiary/aromatic N) is 1. The van der Waals surface area contributed by atoms with Crippen LogP contribution in [0.4, 0.5) is 5.69 Å². The first-order chi connectivity index (χ1) is 17.5. The van der Waals surface area contributed by atoms with Gasteiger partial charge in [-0.2, -0.15) is 0 Å². The molecule has 5 rings (SSSR count). The Labute approximate surface area is 210 Å². The highest BCUT2D eigenvalue weighted by Gasteiger charge is 2.13. The number of aryl methyl sites for hydroxylation is 1. The first kappa shape index (κ1) is 23.4. The fraction of sp³-hybridized carbons (Fsp3) is 0.161. The monoisotopic (exact) mass is 476 g/mol. The summed E-state index contributed by atoms with van der Waals surface area (Å²) in [5.41, 5.74) is 7.35. The van der Waals surface area contributed by atoms with E-state index in [1.54, 1.807) is 6.07 Å². The van der Waals surface area contributed by atoms with E-state index in [0.29, 0.717) is 28.6 Å². The molecule has 0 unspecified atom stereocenters. The first-order valence-electron chi connectivity index (χ1n) is 12.1. The molecule has 36 heavy (non-hydrogen) atoms. The van der Waals surface area contributed by atoms with Gasteiger partial charge in [-0.25, -0.2) is 4.98 Å². The molecule has 0 atom stereocenters. The Morgan fingerprint density at radius 1 is 0.889 bits per heavy atom. The van der Waals surface area contributed by atoms with Crippen molar-refractivity contribution >= 4 is 22.7 Å². The van der Waals surface area contributed by atoms with Gasteiger partial charge < -0.3 is 14.5 Å². The lowest BCUT2D eigenvalue weighted by Crippen LogP contribution is -2.20. The molecule has 0 saturated heterocycles. The molecule has 0 spiro atoms. The van der Waals surface area contributed by atoms with Crippen LogP contribution in [0, 0.1) is 6.92 Å². The first-order valence-corrected chi connectivity index (χ1v) is 12.1. The zero-order valence-corrected chi connectivity index (χ0v) is 20.6. The number of nitrogens with one attached hydrogen (secondary N) is 1. The molecule has 4 aromatic carbocycles. The minimum Gasteiger partial charge on any atom is -0.483 e. The number of carbonyl (C=O) groups is 1. The van der Waals surface area contributed by atoms with Crippen molar-refractivity contribution in [1.29, 1.82) is 0 Å². The number of fused-ring (bicyclic) bond motifs is 1. The van der Waals surface area contributed by atoms with Gasteiger partial charge in [-0.1, -0.05) is 68.4 Å². The van der Waals surface area contributed by atoms with Gasteiger partial charge in [0, 0.05) is 11.3 Å². The van der Waals surface area contributed by atoms with E-state index >= 15 is 0 Å². The van der Waals surface area contributed by atoms with Crippen molar-refractivity contribution in [3.05, 3.63) is 102 Å². The third kappa shape index (κ3) is 5.15. The summed E-state index contributed by atoms with van der Waals surface area (Å²) in [6.45, 7) is 6.16. The van der Waals surface area contributed by atoms with Crippen molar-refractivity contribution in [3.8, 4) is 28.3 Å². The molecule has 0 aliphatic heterocycles. The maximum atomic E-state index is 12.6. The fourth-order valence-electron chi connectivity index (χ4n) is 4.15. The zero-order chi connectivity index (χ0) is 25.1. The molecular weight excluding hydrogens is 448 g/mol. The van der Waals surface area contributed by atoms with E-state index in [4.69, 9.17) is 9.15 Å². The molecule has 0 fully saturated rings. The summed E-state index contributed by atoms with van der Waals surface area (Å²) in [6, 6.07) is 29.9. The van der Waals surface area contributed by atoms with E-state index in [2.05, 4.69) is 60.5 Å². The number of benzene rings is 4. The highest BCUT2D eigenvalue weighted by Crippen LogP contribution is 2.29.